The second-order valence-electron chi connectivity index (χ2n) is 6.60. The Labute approximate surface area is 159 Å². The number of hydrogen-bond donors (Lipinski definition) is 1. The van der Waals surface area contributed by atoms with Gasteiger partial charge in [0.1, 0.15) is 11.6 Å². The number of rotatable bonds is 4. The van der Waals surface area contributed by atoms with Crippen LogP contribution in [-0.2, 0) is 14.1 Å². The Balaban J connectivity index is 0.00000225. The average molecular weight is 360 g/mol. The summed E-state index contributed by atoms with van der Waals surface area (Å²) in [5.74, 6) is 1.77. The minimum absolute atomic E-state index is 0. The number of hydrogen-bond acceptors (Lipinski definition) is 4. The molecule has 6 nitrogen and oxygen atoms in total. The molecule has 27 heavy (non-hydrogen) atoms. The first kappa shape index (κ1) is 17.0. The molecule has 0 saturated carbocycles. The number of anilines is 1. The summed E-state index contributed by atoms with van der Waals surface area (Å²) in [6.07, 6.45) is 9.50. The number of allylic oxidation sites excluding steroid dienone is 1. The molecule has 0 saturated heterocycles. The largest absolute Gasteiger partial charge is 0.339 e. The lowest BCUT2D eigenvalue weighted by Gasteiger charge is -2.12. The molecule has 0 amide bonds. The summed E-state index contributed by atoms with van der Waals surface area (Å²) in [4.78, 5) is 13.2. The van der Waals surface area contributed by atoms with E-state index < -0.39 is 0 Å². The van der Waals surface area contributed by atoms with Crippen molar-refractivity contribution in [2.45, 2.75) is 13.8 Å². The zero-order valence-corrected chi connectivity index (χ0v) is 15.9. The van der Waals surface area contributed by atoms with Crippen molar-refractivity contribution < 1.29 is 1.43 Å². The molecule has 3 heterocycles. The Bertz CT molecular complexity index is 1150. The van der Waals surface area contributed by atoms with Crippen molar-refractivity contribution in [2.75, 3.05) is 5.32 Å². The highest BCUT2D eigenvalue weighted by atomic mass is 15.1. The fourth-order valence-electron chi connectivity index (χ4n) is 3.18. The number of imidazole rings is 2. The summed E-state index contributed by atoms with van der Waals surface area (Å²) >= 11 is 0. The van der Waals surface area contributed by atoms with Crippen LogP contribution in [0.3, 0.4) is 0 Å². The summed E-state index contributed by atoms with van der Waals surface area (Å²) in [6.45, 7) is 4.00. The van der Waals surface area contributed by atoms with Crippen molar-refractivity contribution >= 4 is 22.3 Å². The smallest absolute Gasteiger partial charge is 0.130 e. The van der Waals surface area contributed by atoms with Crippen molar-refractivity contribution in [3.05, 3.63) is 66.8 Å². The van der Waals surface area contributed by atoms with Crippen LogP contribution in [0.4, 0.5) is 5.82 Å². The van der Waals surface area contributed by atoms with E-state index in [-0.39, 0.29) is 1.43 Å². The molecule has 6 heteroatoms. The maximum absolute atomic E-state index is 4.57. The molecule has 0 spiro atoms. The van der Waals surface area contributed by atoms with Gasteiger partial charge < -0.3 is 14.5 Å². The number of benzene rings is 1. The van der Waals surface area contributed by atoms with Crippen LogP contribution in [0, 0.1) is 6.92 Å². The van der Waals surface area contributed by atoms with Gasteiger partial charge in [-0.05, 0) is 31.4 Å². The summed E-state index contributed by atoms with van der Waals surface area (Å²) in [7, 11) is 4.01. The van der Waals surface area contributed by atoms with Crippen molar-refractivity contribution in [1.29, 1.82) is 0 Å². The van der Waals surface area contributed by atoms with Crippen LogP contribution in [0.1, 0.15) is 19.9 Å². The first-order valence-corrected chi connectivity index (χ1v) is 8.85. The number of nitrogens with one attached hydrogen (secondary N) is 1. The van der Waals surface area contributed by atoms with Gasteiger partial charge in [-0.25, -0.2) is 15.0 Å². The highest BCUT2D eigenvalue weighted by Crippen LogP contribution is 2.26. The fraction of sp³-hybridized carbons (Fsp3) is 0.190. The lowest BCUT2D eigenvalue weighted by atomic mass is 10.1. The quantitative estimate of drug-likeness (QED) is 0.586. The van der Waals surface area contributed by atoms with Crippen LogP contribution < -0.4 is 5.32 Å². The molecule has 0 fully saturated rings. The van der Waals surface area contributed by atoms with E-state index in [9.17, 15) is 0 Å². The topological polar surface area (TPSA) is 60.6 Å². The first-order chi connectivity index (χ1) is 13.1. The van der Waals surface area contributed by atoms with E-state index in [0.717, 1.165) is 45.1 Å². The van der Waals surface area contributed by atoms with Gasteiger partial charge in [-0.3, -0.25) is 0 Å². The van der Waals surface area contributed by atoms with Gasteiger partial charge >= 0.3 is 0 Å². The van der Waals surface area contributed by atoms with Crippen molar-refractivity contribution in [1.82, 2.24) is 24.1 Å². The number of pyridine rings is 1. The van der Waals surface area contributed by atoms with E-state index in [2.05, 4.69) is 49.1 Å². The van der Waals surface area contributed by atoms with Crippen LogP contribution in [0.15, 0.2) is 55.3 Å². The monoisotopic (exact) mass is 360 g/mol. The molecule has 0 unspecified atom stereocenters. The molecule has 0 aliphatic rings. The normalized spacial score (nSPS) is 11.9. The van der Waals surface area contributed by atoms with E-state index in [1.807, 2.05) is 63.5 Å². The maximum Gasteiger partial charge on any atom is 0.130 e. The predicted octanol–water partition coefficient (Wildman–Crippen LogP) is 4.40. The van der Waals surface area contributed by atoms with Gasteiger partial charge in [-0.1, -0.05) is 18.2 Å². The Morgan fingerprint density at radius 1 is 1.07 bits per heavy atom. The van der Waals surface area contributed by atoms with Gasteiger partial charge in [-0.15, -0.1) is 0 Å². The van der Waals surface area contributed by atoms with Crippen LogP contribution >= 0.6 is 0 Å². The van der Waals surface area contributed by atoms with Gasteiger partial charge in [0.15, 0.2) is 0 Å². The van der Waals surface area contributed by atoms with Crippen molar-refractivity contribution in [3.63, 3.8) is 0 Å². The summed E-state index contributed by atoms with van der Waals surface area (Å²) < 4.78 is 4.08. The molecule has 0 radical (unpaired) electrons. The highest BCUT2D eigenvalue weighted by molar-refractivity contribution is 5.89. The molecule has 0 aliphatic carbocycles. The number of aryl methyl sites for hydroxylation is 2. The fourth-order valence-corrected chi connectivity index (χ4v) is 3.18. The summed E-state index contributed by atoms with van der Waals surface area (Å²) in [5, 5.41) is 5.66. The molecule has 0 atom stereocenters. The molecule has 4 rings (SSSR count). The minimum Gasteiger partial charge on any atom is -0.339 e. The van der Waals surface area contributed by atoms with Gasteiger partial charge in [0.05, 0.1) is 35.8 Å². The lowest BCUT2D eigenvalue weighted by molar-refractivity contribution is 0.845. The first-order valence-electron chi connectivity index (χ1n) is 8.85. The third kappa shape index (κ3) is 3.10. The molecule has 1 N–H and O–H groups in total. The number of nitrogens with zero attached hydrogens (tertiary/aromatic N) is 5. The Hall–Kier alpha value is -3.41. The van der Waals surface area contributed by atoms with Crippen LogP contribution in [0.5, 0.6) is 0 Å². The number of aromatic nitrogens is 5. The molecular weight excluding hydrogens is 336 g/mol. The van der Waals surface area contributed by atoms with Crippen LogP contribution in [-0.4, -0.2) is 24.1 Å². The highest BCUT2D eigenvalue weighted by Gasteiger charge is 2.10. The maximum atomic E-state index is 4.57. The molecule has 1 aromatic carbocycles. The third-order valence-corrected chi connectivity index (χ3v) is 4.88. The zero-order valence-electron chi connectivity index (χ0n) is 15.9. The van der Waals surface area contributed by atoms with E-state index in [4.69, 9.17) is 0 Å². The van der Waals surface area contributed by atoms with Crippen LogP contribution in [0.25, 0.3) is 27.7 Å². The minimum atomic E-state index is 0. The predicted molar refractivity (Wildman–Crippen MR) is 111 cm³/mol. The molecule has 0 bridgehead atoms. The van der Waals surface area contributed by atoms with E-state index >= 15 is 0 Å². The second-order valence-corrected chi connectivity index (χ2v) is 6.60. The number of fused-ring (bicyclic) bond motifs is 1. The van der Waals surface area contributed by atoms with E-state index in [1.54, 1.807) is 0 Å². The third-order valence-electron chi connectivity index (χ3n) is 4.88. The molecule has 4 aromatic rings. The Kier molecular flexibility index (Phi) is 4.24. The molecule has 3 aromatic heterocycles. The molecule has 0 aliphatic heterocycles. The van der Waals surface area contributed by atoms with Gasteiger partial charge in [-0.2, -0.15) is 0 Å². The SMILES string of the molecule is C/C=C(\Nc1cc2cc(-c3cncn3C)ccc2cn1)c1cnc(C)n1C.[HH]. The summed E-state index contributed by atoms with van der Waals surface area (Å²) in [5.41, 5.74) is 4.23. The lowest BCUT2D eigenvalue weighted by Crippen LogP contribution is -2.05. The van der Waals surface area contributed by atoms with Gasteiger partial charge in [0, 0.05) is 32.7 Å². The molecular formula is C21H24N6. The van der Waals surface area contributed by atoms with Crippen molar-refractivity contribution in [2.24, 2.45) is 14.1 Å². The standard InChI is InChI=1S/C21H22N6.H2/c1-5-18(20-12-23-14(2)27(20)4)25-21-9-17-8-15(6-7-16(17)10-24-21)19-11-22-13-26(19)3;/h5-13H,1-4H3,(H,24,25);1H/b18-5-;. The Morgan fingerprint density at radius 3 is 2.59 bits per heavy atom. The van der Waals surface area contributed by atoms with Gasteiger partial charge in [0.2, 0.25) is 0 Å². The van der Waals surface area contributed by atoms with Crippen LogP contribution in [0.2, 0.25) is 0 Å². The van der Waals surface area contributed by atoms with E-state index in [1.165, 1.54) is 0 Å². The van der Waals surface area contributed by atoms with E-state index in [0.29, 0.717) is 0 Å². The molecule has 138 valence electrons. The van der Waals surface area contributed by atoms with Crippen molar-refractivity contribution in [3.8, 4) is 11.3 Å². The average Bonchev–Trinajstić information content (AvgIpc) is 3.25. The zero-order chi connectivity index (χ0) is 19.0. The van der Waals surface area contributed by atoms with Gasteiger partial charge in [0.25, 0.3) is 0 Å². The summed E-state index contributed by atoms with van der Waals surface area (Å²) in [6, 6.07) is 8.43. The Morgan fingerprint density at radius 2 is 1.93 bits per heavy atom. The second kappa shape index (κ2) is 6.72.